The van der Waals surface area contributed by atoms with Crippen molar-refractivity contribution in [1.82, 2.24) is 9.88 Å². The van der Waals surface area contributed by atoms with Crippen molar-refractivity contribution in [2.75, 3.05) is 13.1 Å². The Morgan fingerprint density at radius 1 is 0.970 bits per heavy atom. The quantitative estimate of drug-likeness (QED) is 0.395. The third-order valence-corrected chi connectivity index (χ3v) is 8.12. The predicted molar refractivity (Wildman–Crippen MR) is 132 cm³/mol. The van der Waals surface area contributed by atoms with Crippen LogP contribution in [-0.2, 0) is 24.8 Å². The fourth-order valence-electron chi connectivity index (χ4n) is 6.19. The second-order valence-corrected chi connectivity index (χ2v) is 10.1. The summed E-state index contributed by atoms with van der Waals surface area (Å²) in [6, 6.07) is 23.9. The van der Waals surface area contributed by atoms with Gasteiger partial charge in [-0.05, 0) is 47.9 Å². The monoisotopic (exact) mass is 458 g/mol. The van der Waals surface area contributed by atoms with Crippen LogP contribution in [0.15, 0.2) is 72.8 Å². The van der Waals surface area contributed by atoms with Gasteiger partial charge in [0.25, 0.3) is 0 Å². The number of phenolic OH excluding ortho intramolecular Hbond substituents is 1. The molecule has 0 radical (unpaired) electrons. The molecule has 4 aromatic rings. The van der Waals surface area contributed by atoms with E-state index in [1.807, 2.05) is 30.3 Å². The summed E-state index contributed by atoms with van der Waals surface area (Å²) >= 11 is 6.52. The van der Waals surface area contributed by atoms with Crippen LogP contribution in [0.5, 0.6) is 5.75 Å². The Hall–Kier alpha value is -2.79. The van der Waals surface area contributed by atoms with Gasteiger partial charge in [0.2, 0.25) is 0 Å². The van der Waals surface area contributed by atoms with Crippen LogP contribution >= 0.6 is 11.6 Å². The Balaban J connectivity index is 1.47. The summed E-state index contributed by atoms with van der Waals surface area (Å²) < 4.78 is 0. The largest absolute Gasteiger partial charge is 0.508 e. The first-order valence-corrected chi connectivity index (χ1v) is 11.9. The highest BCUT2D eigenvalue weighted by Gasteiger charge is 2.57. The average Bonchev–Trinajstić information content (AvgIpc) is 3.16. The van der Waals surface area contributed by atoms with Crippen LogP contribution in [-0.4, -0.2) is 38.8 Å². The van der Waals surface area contributed by atoms with Crippen LogP contribution in [0.25, 0.3) is 10.9 Å². The molecular weight excluding hydrogens is 432 g/mol. The number of hydrogen-bond donors (Lipinski definition) is 3. The molecule has 4 nitrogen and oxygen atoms in total. The van der Waals surface area contributed by atoms with E-state index < -0.39 is 11.0 Å². The number of β-amino-alcohol motifs (C(OH)–C–C–N with tert-alkyl or cyclic N) is 1. The molecule has 6 rings (SSSR count). The topological polar surface area (TPSA) is 59.5 Å². The second kappa shape index (κ2) is 7.63. The minimum absolute atomic E-state index is 0.237. The van der Waals surface area contributed by atoms with Crippen LogP contribution < -0.4 is 0 Å². The van der Waals surface area contributed by atoms with Crippen molar-refractivity contribution in [1.29, 1.82) is 0 Å². The van der Waals surface area contributed by atoms with Gasteiger partial charge < -0.3 is 15.2 Å². The fourth-order valence-corrected chi connectivity index (χ4v) is 6.42. The van der Waals surface area contributed by atoms with Gasteiger partial charge in [0.1, 0.15) is 5.75 Å². The third-order valence-electron chi connectivity index (χ3n) is 7.81. The summed E-state index contributed by atoms with van der Waals surface area (Å²) in [6.07, 6.45) is 2.04. The van der Waals surface area contributed by atoms with Crippen molar-refractivity contribution in [3.8, 4) is 5.75 Å². The number of aliphatic hydroxyl groups is 1. The second-order valence-electron chi connectivity index (χ2n) is 9.71. The van der Waals surface area contributed by atoms with Gasteiger partial charge in [0, 0.05) is 42.4 Å². The molecule has 0 bridgehead atoms. The number of nitrogens with zero attached hydrogens (tertiary/aromatic N) is 1. The first kappa shape index (κ1) is 20.8. The van der Waals surface area contributed by atoms with Gasteiger partial charge in [-0.2, -0.15) is 0 Å². The number of aromatic nitrogens is 1. The molecule has 0 unspecified atom stereocenters. The molecule has 5 heteroatoms. The summed E-state index contributed by atoms with van der Waals surface area (Å²) in [5, 5.41) is 24.5. The highest BCUT2D eigenvalue weighted by atomic mass is 35.5. The molecule has 1 aliphatic carbocycles. The lowest BCUT2D eigenvalue weighted by Gasteiger charge is -2.56. The van der Waals surface area contributed by atoms with Gasteiger partial charge in [0.15, 0.2) is 0 Å². The molecule has 33 heavy (non-hydrogen) atoms. The van der Waals surface area contributed by atoms with E-state index >= 15 is 0 Å². The number of phenols is 1. The number of aromatic hydroxyl groups is 1. The normalized spacial score (nSPS) is 25.0. The molecule has 3 aromatic carbocycles. The molecule has 1 aromatic heterocycles. The first-order chi connectivity index (χ1) is 16.0. The Labute approximate surface area is 198 Å². The highest BCUT2D eigenvalue weighted by molar-refractivity contribution is 6.35. The van der Waals surface area contributed by atoms with Crippen LogP contribution in [0.1, 0.15) is 28.8 Å². The maximum absolute atomic E-state index is 12.5. The summed E-state index contributed by atoms with van der Waals surface area (Å²) in [5.41, 5.74) is 4.03. The lowest BCUT2D eigenvalue weighted by Crippen LogP contribution is -2.66. The lowest BCUT2D eigenvalue weighted by molar-refractivity contribution is -0.105. The van der Waals surface area contributed by atoms with E-state index in [1.165, 1.54) is 5.56 Å². The fraction of sp³-hybridized carbons (Fsp3) is 0.286. The Bertz CT molecular complexity index is 1330. The Morgan fingerprint density at radius 2 is 1.79 bits per heavy atom. The van der Waals surface area contributed by atoms with E-state index in [2.05, 4.69) is 46.3 Å². The van der Waals surface area contributed by atoms with E-state index in [9.17, 15) is 10.2 Å². The summed E-state index contributed by atoms with van der Waals surface area (Å²) in [4.78, 5) is 5.94. The van der Waals surface area contributed by atoms with E-state index in [0.717, 1.165) is 47.2 Å². The number of piperidine rings is 1. The van der Waals surface area contributed by atoms with Gasteiger partial charge in [-0.15, -0.1) is 0 Å². The third kappa shape index (κ3) is 3.28. The number of fused-ring (bicyclic) bond motifs is 4. The maximum Gasteiger partial charge on any atom is 0.115 e. The molecule has 2 aliphatic rings. The molecule has 0 amide bonds. The summed E-state index contributed by atoms with van der Waals surface area (Å²) in [7, 11) is 0. The predicted octanol–water partition coefficient (Wildman–Crippen LogP) is 5.20. The number of benzene rings is 3. The van der Waals surface area contributed by atoms with Crippen molar-refractivity contribution in [2.24, 2.45) is 0 Å². The number of rotatable bonds is 3. The van der Waals surface area contributed by atoms with Crippen molar-refractivity contribution < 1.29 is 10.2 Å². The SMILES string of the molecule is Oc1cccc([C@@]23CCN(Cc4ccccc4)C[C@@]2(O)Cc2c([nH]c4c(Cl)cccc24)C3)c1. The van der Waals surface area contributed by atoms with Gasteiger partial charge in [0.05, 0.1) is 16.1 Å². The molecule has 1 aliphatic heterocycles. The molecule has 168 valence electrons. The first-order valence-electron chi connectivity index (χ1n) is 11.5. The van der Waals surface area contributed by atoms with Crippen molar-refractivity contribution in [3.63, 3.8) is 0 Å². The average molecular weight is 459 g/mol. The standard InChI is InChI=1S/C28H27ClN2O2/c29-24-11-5-10-22-23-15-28(33)18-31(17-19-6-2-1-3-7-19)13-12-27(28,16-25(23)30-26(22)24)20-8-4-9-21(32)14-20/h1-11,14,30,32-33H,12-13,15-18H2/t27-,28-/m0/s1. The Morgan fingerprint density at radius 3 is 2.61 bits per heavy atom. The van der Waals surface area contributed by atoms with E-state index in [0.29, 0.717) is 24.4 Å². The van der Waals surface area contributed by atoms with E-state index in [1.54, 1.807) is 6.07 Å². The molecule has 1 saturated heterocycles. The van der Waals surface area contributed by atoms with Crippen molar-refractivity contribution in [2.45, 2.75) is 36.8 Å². The van der Waals surface area contributed by atoms with Crippen LogP contribution in [0, 0.1) is 0 Å². The molecule has 3 N–H and O–H groups in total. The van der Waals surface area contributed by atoms with Crippen molar-refractivity contribution in [3.05, 3.63) is 100 Å². The maximum atomic E-state index is 12.5. The van der Waals surface area contributed by atoms with E-state index in [4.69, 9.17) is 11.6 Å². The zero-order valence-electron chi connectivity index (χ0n) is 18.4. The van der Waals surface area contributed by atoms with Gasteiger partial charge in [-0.3, -0.25) is 4.90 Å². The minimum Gasteiger partial charge on any atom is -0.508 e. The smallest absolute Gasteiger partial charge is 0.115 e. The summed E-state index contributed by atoms with van der Waals surface area (Å²) in [6.45, 7) is 2.26. The number of hydrogen-bond acceptors (Lipinski definition) is 3. The molecule has 0 saturated carbocycles. The highest BCUT2D eigenvalue weighted by Crippen LogP contribution is 2.52. The minimum atomic E-state index is -0.974. The molecule has 0 spiro atoms. The zero-order chi connectivity index (χ0) is 22.6. The molecule has 2 heterocycles. The van der Waals surface area contributed by atoms with Crippen LogP contribution in [0.2, 0.25) is 5.02 Å². The number of likely N-dealkylation sites (tertiary alicyclic amines) is 1. The van der Waals surface area contributed by atoms with Crippen LogP contribution in [0.4, 0.5) is 0 Å². The Kier molecular flexibility index (Phi) is 4.80. The molecule has 2 atom stereocenters. The number of para-hydroxylation sites is 1. The van der Waals surface area contributed by atoms with Gasteiger partial charge in [-0.25, -0.2) is 0 Å². The van der Waals surface area contributed by atoms with Gasteiger partial charge in [-0.1, -0.05) is 66.2 Å². The number of halogens is 1. The zero-order valence-corrected chi connectivity index (χ0v) is 19.1. The number of nitrogens with one attached hydrogen (secondary N) is 1. The molecular formula is C28H27ClN2O2. The van der Waals surface area contributed by atoms with E-state index in [-0.39, 0.29) is 5.75 Å². The van der Waals surface area contributed by atoms with Crippen molar-refractivity contribution >= 4 is 22.5 Å². The van der Waals surface area contributed by atoms with Crippen LogP contribution in [0.3, 0.4) is 0 Å². The number of aromatic amines is 1. The summed E-state index contributed by atoms with van der Waals surface area (Å²) in [5.74, 6) is 0.237. The number of H-pyrrole nitrogens is 1. The molecule has 1 fully saturated rings. The lowest BCUT2D eigenvalue weighted by atomic mass is 9.56. The van der Waals surface area contributed by atoms with Gasteiger partial charge >= 0.3 is 0 Å².